The molecule has 62 valence electrons. The fraction of sp³-hybridized carbons (Fsp3) is 0.286. The molecule has 0 amide bonds. The molecule has 0 saturated heterocycles. The number of rotatable bonds is 5. The van der Waals surface area contributed by atoms with E-state index >= 15 is 0 Å². The van der Waals surface area contributed by atoms with Crippen molar-refractivity contribution in [2.75, 3.05) is 13.3 Å². The molecule has 4 heteroatoms. The van der Waals surface area contributed by atoms with Crippen molar-refractivity contribution in [3.63, 3.8) is 0 Å². The fourth-order valence-corrected chi connectivity index (χ4v) is 1.04. The second kappa shape index (κ2) is 6.08. The highest BCUT2D eigenvalue weighted by Gasteiger charge is 2.05. The van der Waals surface area contributed by atoms with Gasteiger partial charge in [-0.1, -0.05) is 12.7 Å². The van der Waals surface area contributed by atoms with Crippen molar-refractivity contribution in [2.45, 2.75) is 0 Å². The molecule has 0 aliphatic rings. The lowest BCUT2D eigenvalue weighted by Crippen LogP contribution is -1.96. The van der Waals surface area contributed by atoms with Crippen molar-refractivity contribution in [3.8, 4) is 0 Å². The van der Waals surface area contributed by atoms with Crippen LogP contribution in [-0.2, 0) is 13.8 Å². The number of carbonyl (C=O) groups excluding carboxylic acids is 1. The van der Waals surface area contributed by atoms with Crippen LogP contribution in [0.1, 0.15) is 0 Å². The molecule has 0 spiro atoms. The van der Waals surface area contributed by atoms with Gasteiger partial charge in [0.2, 0.25) is 8.38 Å². The van der Waals surface area contributed by atoms with Gasteiger partial charge in [-0.2, -0.15) is 0 Å². The van der Waals surface area contributed by atoms with E-state index < -0.39 is 14.3 Å². The first-order chi connectivity index (χ1) is 5.20. The van der Waals surface area contributed by atoms with Crippen molar-refractivity contribution < 1.29 is 13.8 Å². The van der Waals surface area contributed by atoms with Gasteiger partial charge in [-0.15, -0.1) is 6.58 Å². The van der Waals surface area contributed by atoms with Gasteiger partial charge in [0.1, 0.15) is 0 Å². The molecule has 0 bridgehead atoms. The molecule has 0 aliphatic heterocycles. The second-order valence-corrected chi connectivity index (χ2v) is 2.96. The van der Waals surface area contributed by atoms with E-state index in [1.807, 2.05) is 0 Å². The maximum absolute atomic E-state index is 10.6. The Morgan fingerprint density at radius 3 is 2.73 bits per heavy atom. The molecule has 0 fully saturated rings. The number of carbonyl (C=O) groups is 1. The number of hydrogen-bond acceptors (Lipinski definition) is 3. The normalized spacial score (nSPS) is 11.7. The summed E-state index contributed by atoms with van der Waals surface area (Å²) in [5.74, 6) is -0.456. The maximum atomic E-state index is 10.6. The summed E-state index contributed by atoms with van der Waals surface area (Å²) in [5, 5.41) is 0. The second-order valence-electron chi connectivity index (χ2n) is 1.64. The molecule has 3 nitrogen and oxygen atoms in total. The van der Waals surface area contributed by atoms with E-state index in [9.17, 15) is 4.79 Å². The van der Waals surface area contributed by atoms with Crippen molar-refractivity contribution in [2.24, 2.45) is 0 Å². The van der Waals surface area contributed by atoms with E-state index in [-0.39, 0.29) is 0 Å². The molecule has 0 N–H and O–H groups in total. The lowest BCUT2D eigenvalue weighted by atomic mass is 10.7. The third-order valence-electron chi connectivity index (χ3n) is 0.759. The quantitative estimate of drug-likeness (QED) is 0.362. The van der Waals surface area contributed by atoms with Gasteiger partial charge in [0.05, 0.1) is 6.61 Å². The van der Waals surface area contributed by atoms with E-state index in [1.165, 1.54) is 0 Å². The highest BCUT2D eigenvalue weighted by molar-refractivity contribution is 7.46. The van der Waals surface area contributed by atoms with Gasteiger partial charge in [0.15, 0.2) is 0 Å². The van der Waals surface area contributed by atoms with Gasteiger partial charge in [-0.05, 0) is 0 Å². The summed E-state index contributed by atoms with van der Waals surface area (Å²) in [6.07, 6.45) is 2.71. The molecular weight excluding hydrogens is 163 g/mol. The van der Waals surface area contributed by atoms with E-state index in [4.69, 9.17) is 9.05 Å². The molecule has 0 heterocycles. The lowest BCUT2D eigenvalue weighted by molar-refractivity contribution is -0.128. The van der Waals surface area contributed by atoms with Crippen LogP contribution < -0.4 is 0 Å². The van der Waals surface area contributed by atoms with Crippen LogP contribution in [-0.4, -0.2) is 19.2 Å². The van der Waals surface area contributed by atoms with Gasteiger partial charge in [0, 0.05) is 12.7 Å². The van der Waals surface area contributed by atoms with Crippen LogP contribution in [0.4, 0.5) is 0 Å². The Bertz CT molecular complexity index is 156. The molecule has 0 aromatic rings. The van der Waals surface area contributed by atoms with Gasteiger partial charge in [-0.25, -0.2) is 4.79 Å². The van der Waals surface area contributed by atoms with E-state index in [1.54, 1.807) is 12.7 Å². The molecule has 0 radical (unpaired) electrons. The monoisotopic (exact) mass is 174 g/mol. The summed E-state index contributed by atoms with van der Waals surface area (Å²) in [5.41, 5.74) is 0. The summed E-state index contributed by atoms with van der Waals surface area (Å²) < 4.78 is 9.76. The van der Waals surface area contributed by atoms with Crippen LogP contribution in [0, 0.1) is 0 Å². The summed E-state index contributed by atoms with van der Waals surface area (Å²) in [4.78, 5) is 10.6. The summed E-state index contributed by atoms with van der Waals surface area (Å²) >= 11 is 0. The largest absolute Gasteiger partial charge is 0.414 e. The Kier molecular flexibility index (Phi) is 5.71. The summed E-state index contributed by atoms with van der Waals surface area (Å²) in [6, 6.07) is 0. The van der Waals surface area contributed by atoms with E-state index in [2.05, 4.69) is 13.2 Å². The third kappa shape index (κ3) is 5.77. The smallest absolute Gasteiger partial charge is 0.334 e. The maximum Gasteiger partial charge on any atom is 0.334 e. The highest BCUT2D eigenvalue weighted by atomic mass is 31.2. The molecule has 0 aromatic carbocycles. The van der Waals surface area contributed by atoms with Crippen molar-refractivity contribution in [1.82, 2.24) is 0 Å². The standard InChI is InChI=1S/C7H11O3P/c1-4-6-9-11(3)10-7(8)5-2/h4-5H,1-2,6H2,3H3. The van der Waals surface area contributed by atoms with Crippen LogP contribution in [0.3, 0.4) is 0 Å². The minimum atomic E-state index is -1.12. The van der Waals surface area contributed by atoms with Crippen molar-refractivity contribution in [1.29, 1.82) is 0 Å². The van der Waals surface area contributed by atoms with Crippen LogP contribution in [0.25, 0.3) is 0 Å². The predicted molar refractivity (Wildman–Crippen MR) is 45.3 cm³/mol. The molecule has 0 saturated carbocycles. The zero-order chi connectivity index (χ0) is 8.69. The fourth-order valence-electron chi connectivity index (χ4n) is 0.348. The van der Waals surface area contributed by atoms with Gasteiger partial charge >= 0.3 is 5.97 Å². The molecular formula is C7H11O3P. The zero-order valence-corrected chi connectivity index (χ0v) is 7.34. The van der Waals surface area contributed by atoms with E-state index in [0.717, 1.165) is 6.08 Å². The van der Waals surface area contributed by atoms with Crippen LogP contribution >= 0.6 is 8.38 Å². The van der Waals surface area contributed by atoms with Gasteiger partial charge < -0.3 is 9.05 Å². The average Bonchev–Trinajstić information content (AvgIpc) is 2.00. The molecule has 0 aliphatic carbocycles. The first-order valence-corrected chi connectivity index (χ1v) is 4.65. The Morgan fingerprint density at radius 2 is 2.27 bits per heavy atom. The molecule has 0 rings (SSSR count). The first kappa shape index (κ1) is 10.3. The van der Waals surface area contributed by atoms with Crippen LogP contribution in [0.5, 0.6) is 0 Å². The Labute approximate surface area is 67.6 Å². The van der Waals surface area contributed by atoms with Crippen LogP contribution in [0.2, 0.25) is 0 Å². The molecule has 0 aromatic heterocycles. The number of hydrogen-bond donors (Lipinski definition) is 0. The SMILES string of the molecule is C=CCOP(C)OC(=O)C=C. The van der Waals surface area contributed by atoms with Gasteiger partial charge in [-0.3, -0.25) is 0 Å². The minimum absolute atomic E-state index is 0.395. The first-order valence-electron chi connectivity index (χ1n) is 3.02. The topological polar surface area (TPSA) is 35.5 Å². The van der Waals surface area contributed by atoms with E-state index in [0.29, 0.717) is 6.61 Å². The molecule has 1 atom stereocenters. The van der Waals surface area contributed by atoms with Crippen molar-refractivity contribution >= 4 is 14.3 Å². The Morgan fingerprint density at radius 1 is 1.64 bits per heavy atom. The molecule has 11 heavy (non-hydrogen) atoms. The molecule has 1 unspecified atom stereocenters. The summed E-state index contributed by atoms with van der Waals surface area (Å²) in [6.45, 7) is 8.80. The Balaban J connectivity index is 3.50. The predicted octanol–water partition coefficient (Wildman–Crippen LogP) is 1.86. The highest BCUT2D eigenvalue weighted by Crippen LogP contribution is 2.33. The zero-order valence-electron chi connectivity index (χ0n) is 6.45. The lowest BCUT2D eigenvalue weighted by Gasteiger charge is -2.08. The Hall–Kier alpha value is -0.660. The minimum Gasteiger partial charge on any atom is -0.414 e. The average molecular weight is 174 g/mol. The van der Waals surface area contributed by atoms with Crippen LogP contribution in [0.15, 0.2) is 25.3 Å². The van der Waals surface area contributed by atoms with Gasteiger partial charge in [0.25, 0.3) is 0 Å². The van der Waals surface area contributed by atoms with Crippen molar-refractivity contribution in [3.05, 3.63) is 25.3 Å². The summed E-state index contributed by atoms with van der Waals surface area (Å²) in [7, 11) is -1.12. The third-order valence-corrected chi connectivity index (χ3v) is 1.71.